The molecule has 5 rings (SSSR count). The van der Waals surface area contributed by atoms with E-state index in [9.17, 15) is 9.90 Å². The number of rotatable bonds is 3. The van der Waals surface area contributed by atoms with E-state index >= 15 is 0 Å². The van der Waals surface area contributed by atoms with Crippen LogP contribution in [0.2, 0.25) is 0 Å². The van der Waals surface area contributed by atoms with Crippen molar-refractivity contribution < 1.29 is 14.6 Å². The van der Waals surface area contributed by atoms with Crippen molar-refractivity contribution in [2.75, 3.05) is 11.2 Å². The molecule has 1 amide bonds. The van der Waals surface area contributed by atoms with E-state index in [4.69, 9.17) is 0 Å². The van der Waals surface area contributed by atoms with E-state index in [2.05, 4.69) is 15.1 Å². The zero-order valence-electron chi connectivity index (χ0n) is 16.5. The number of thioether (sulfide) groups is 1. The lowest BCUT2D eigenvalue weighted by Crippen LogP contribution is -2.59. The van der Waals surface area contributed by atoms with Crippen molar-refractivity contribution in [3.05, 3.63) is 90.3 Å². The third-order valence-corrected chi connectivity index (χ3v) is 5.63. The highest BCUT2D eigenvalue weighted by atomic mass is 32.2. The highest BCUT2D eigenvalue weighted by molar-refractivity contribution is 7.98. The number of hydrogen-bond donors (Lipinski definition) is 0. The van der Waals surface area contributed by atoms with Crippen LogP contribution in [0, 0.1) is 0 Å². The minimum Gasteiger partial charge on any atom is -0.854 e. The Bertz CT molecular complexity index is 1270. The Balaban J connectivity index is 1.83. The van der Waals surface area contributed by atoms with Gasteiger partial charge in [0, 0.05) is 16.9 Å². The van der Waals surface area contributed by atoms with Gasteiger partial charge in [0.05, 0.1) is 17.1 Å². The molecule has 7 nitrogen and oxygen atoms in total. The van der Waals surface area contributed by atoms with Crippen LogP contribution in [0.1, 0.15) is 22.2 Å². The molecule has 0 saturated heterocycles. The van der Waals surface area contributed by atoms with Gasteiger partial charge in [0.15, 0.2) is 0 Å². The summed E-state index contributed by atoms with van der Waals surface area (Å²) in [7, 11) is 0. The van der Waals surface area contributed by atoms with Gasteiger partial charge in [0.1, 0.15) is 5.69 Å². The van der Waals surface area contributed by atoms with Gasteiger partial charge in [-0.1, -0.05) is 52.8 Å². The third kappa shape index (κ3) is 3.21. The van der Waals surface area contributed by atoms with Crippen molar-refractivity contribution in [3.8, 4) is 17.1 Å². The van der Waals surface area contributed by atoms with Crippen LogP contribution in [0.4, 0.5) is 5.69 Å². The SMILES string of the molecule is CSc1nc([O-])c2[n+](n1)C(c1ccccn1)N(C(=O)c1ccccc1)c1ccccc1-2. The van der Waals surface area contributed by atoms with E-state index in [-0.39, 0.29) is 11.8 Å². The molecule has 8 heteroatoms. The Labute approximate surface area is 183 Å². The van der Waals surface area contributed by atoms with E-state index in [1.54, 1.807) is 34.2 Å². The molecule has 4 aromatic rings. The van der Waals surface area contributed by atoms with Gasteiger partial charge in [0.2, 0.25) is 0 Å². The van der Waals surface area contributed by atoms with Crippen LogP contribution in [-0.4, -0.2) is 27.2 Å². The summed E-state index contributed by atoms with van der Waals surface area (Å²) in [5, 5.41) is 18.0. The molecule has 0 N–H and O–H groups in total. The molecule has 1 aliphatic heterocycles. The van der Waals surface area contributed by atoms with Crippen molar-refractivity contribution in [2.24, 2.45) is 0 Å². The average molecular weight is 427 g/mol. The third-order valence-electron chi connectivity index (χ3n) is 5.09. The highest BCUT2D eigenvalue weighted by Crippen LogP contribution is 2.41. The molecule has 3 heterocycles. The number of hydrogen-bond acceptors (Lipinski definition) is 6. The number of benzene rings is 2. The van der Waals surface area contributed by atoms with Crippen LogP contribution in [0.3, 0.4) is 0 Å². The monoisotopic (exact) mass is 427 g/mol. The van der Waals surface area contributed by atoms with Gasteiger partial charge in [-0.3, -0.25) is 9.78 Å². The van der Waals surface area contributed by atoms with Crippen molar-refractivity contribution in [2.45, 2.75) is 11.3 Å². The van der Waals surface area contributed by atoms with Gasteiger partial charge in [-0.2, -0.15) is 0 Å². The van der Waals surface area contributed by atoms with Crippen LogP contribution in [-0.2, 0) is 0 Å². The standard InChI is InChI=1S/C23H17N5O2S/c1-31-23-25-20(29)19-16-11-5-6-13-18(16)27(22(30)15-9-3-2-4-10-15)21(28(19)26-23)17-12-7-8-14-24-17/h2-14,21H,1H3. The smallest absolute Gasteiger partial charge is 0.310 e. The summed E-state index contributed by atoms with van der Waals surface area (Å²) in [6.45, 7) is 0. The second-order valence-corrected chi connectivity index (χ2v) is 7.66. The molecular formula is C23H17N5O2S. The lowest BCUT2D eigenvalue weighted by molar-refractivity contribution is -0.764. The van der Waals surface area contributed by atoms with E-state index in [0.717, 1.165) is 0 Å². The zero-order chi connectivity index (χ0) is 21.4. The summed E-state index contributed by atoms with van der Waals surface area (Å²) in [5.74, 6) is -0.599. The lowest BCUT2D eigenvalue weighted by atomic mass is 10.0. The van der Waals surface area contributed by atoms with Crippen LogP contribution in [0.5, 0.6) is 5.88 Å². The number of amides is 1. The molecule has 2 aromatic heterocycles. The maximum Gasteiger partial charge on any atom is 0.310 e. The van der Waals surface area contributed by atoms with Gasteiger partial charge in [-0.25, -0.2) is 9.88 Å². The van der Waals surface area contributed by atoms with E-state index in [1.807, 2.05) is 60.7 Å². The molecule has 152 valence electrons. The first kappa shape index (κ1) is 19.2. The van der Waals surface area contributed by atoms with Crippen molar-refractivity contribution in [3.63, 3.8) is 0 Å². The largest absolute Gasteiger partial charge is 0.854 e. The molecule has 0 radical (unpaired) electrons. The predicted octanol–water partition coefficient (Wildman–Crippen LogP) is 2.83. The van der Waals surface area contributed by atoms with Gasteiger partial charge in [-0.05, 0) is 42.7 Å². The Morgan fingerprint density at radius 1 is 1.03 bits per heavy atom. The molecule has 0 fully saturated rings. The Hall–Kier alpha value is -3.78. The second-order valence-electron chi connectivity index (χ2n) is 6.88. The summed E-state index contributed by atoms with van der Waals surface area (Å²) >= 11 is 1.27. The maximum absolute atomic E-state index is 13.8. The van der Waals surface area contributed by atoms with Crippen LogP contribution >= 0.6 is 11.8 Å². The quantitative estimate of drug-likeness (QED) is 0.369. The summed E-state index contributed by atoms with van der Waals surface area (Å²) < 4.78 is 1.58. The fourth-order valence-corrected chi connectivity index (χ4v) is 4.10. The number of carbonyl (C=O) groups excluding carboxylic acids is 1. The maximum atomic E-state index is 13.8. The molecule has 0 saturated carbocycles. The number of pyridine rings is 1. The predicted molar refractivity (Wildman–Crippen MR) is 115 cm³/mol. The van der Waals surface area contributed by atoms with E-state index in [0.29, 0.717) is 33.4 Å². The molecule has 31 heavy (non-hydrogen) atoms. The molecule has 1 atom stereocenters. The molecular weight excluding hydrogens is 410 g/mol. The number of carbonyl (C=O) groups is 1. The summed E-state index contributed by atoms with van der Waals surface area (Å²) in [6.07, 6.45) is 2.73. The van der Waals surface area contributed by atoms with Gasteiger partial charge in [0.25, 0.3) is 16.8 Å². The fourth-order valence-electron chi connectivity index (χ4n) is 3.76. The summed E-state index contributed by atoms with van der Waals surface area (Å²) in [6, 6.07) is 21.9. The fraction of sp³-hybridized carbons (Fsp3) is 0.0870. The molecule has 2 aromatic carbocycles. The Kier molecular flexibility index (Phi) is 4.83. The Morgan fingerprint density at radius 2 is 1.77 bits per heavy atom. The first-order chi connectivity index (χ1) is 15.2. The number of para-hydroxylation sites is 1. The average Bonchev–Trinajstić information content (AvgIpc) is 2.83. The first-order valence-electron chi connectivity index (χ1n) is 9.63. The zero-order valence-corrected chi connectivity index (χ0v) is 17.4. The summed E-state index contributed by atoms with van der Waals surface area (Å²) in [4.78, 5) is 24.0. The minimum atomic E-state index is -0.736. The Morgan fingerprint density at radius 3 is 2.52 bits per heavy atom. The highest BCUT2D eigenvalue weighted by Gasteiger charge is 2.45. The summed E-state index contributed by atoms with van der Waals surface area (Å²) in [5.41, 5.74) is 2.68. The molecule has 1 unspecified atom stereocenters. The minimum absolute atomic E-state index is 0.210. The first-order valence-corrected chi connectivity index (χ1v) is 10.9. The number of fused-ring (bicyclic) bond motifs is 3. The van der Waals surface area contributed by atoms with Gasteiger partial charge in [-0.15, -0.1) is 0 Å². The van der Waals surface area contributed by atoms with Gasteiger partial charge >= 0.3 is 6.17 Å². The van der Waals surface area contributed by atoms with Gasteiger partial charge < -0.3 is 5.11 Å². The topological polar surface area (TPSA) is 85.9 Å². The van der Waals surface area contributed by atoms with E-state index < -0.39 is 6.17 Å². The molecule has 0 bridgehead atoms. The van der Waals surface area contributed by atoms with Crippen molar-refractivity contribution in [1.82, 2.24) is 15.1 Å². The molecule has 0 spiro atoms. The number of nitrogens with zero attached hydrogens (tertiary/aromatic N) is 5. The molecule has 1 aliphatic rings. The van der Waals surface area contributed by atoms with Crippen molar-refractivity contribution in [1.29, 1.82) is 0 Å². The van der Waals surface area contributed by atoms with Crippen molar-refractivity contribution >= 4 is 23.4 Å². The van der Waals surface area contributed by atoms with Crippen LogP contribution in [0.15, 0.2) is 84.1 Å². The normalized spacial score (nSPS) is 14.6. The number of aromatic nitrogens is 4. The second kappa shape index (κ2) is 7.81. The molecule has 0 aliphatic carbocycles. The lowest BCUT2D eigenvalue weighted by Gasteiger charge is -2.33. The number of anilines is 1. The van der Waals surface area contributed by atoms with Crippen LogP contribution in [0.25, 0.3) is 11.3 Å². The van der Waals surface area contributed by atoms with Crippen LogP contribution < -0.4 is 14.7 Å². The van der Waals surface area contributed by atoms with E-state index in [1.165, 1.54) is 11.8 Å².